The van der Waals surface area contributed by atoms with Crippen molar-refractivity contribution < 1.29 is 18.9 Å². The van der Waals surface area contributed by atoms with E-state index in [4.69, 9.17) is 18.9 Å². The molecule has 0 heterocycles. The molecule has 0 spiro atoms. The van der Waals surface area contributed by atoms with E-state index in [9.17, 15) is 0 Å². The number of ether oxygens (including phenoxy) is 4. The molecule has 0 saturated carbocycles. The van der Waals surface area contributed by atoms with Crippen LogP contribution < -0.4 is 18.9 Å². The first kappa shape index (κ1) is 25.2. The van der Waals surface area contributed by atoms with Gasteiger partial charge in [0.25, 0.3) is 0 Å². The van der Waals surface area contributed by atoms with Gasteiger partial charge >= 0.3 is 0 Å². The number of aryl methyl sites for hydroxylation is 1. The van der Waals surface area contributed by atoms with Crippen molar-refractivity contribution in [2.24, 2.45) is 0 Å². The summed E-state index contributed by atoms with van der Waals surface area (Å²) < 4.78 is 22.5. The Bertz CT molecular complexity index is 1170. The van der Waals surface area contributed by atoms with Gasteiger partial charge in [-0.05, 0) is 59.4 Å². The summed E-state index contributed by atoms with van der Waals surface area (Å²) in [6.07, 6.45) is 3.34. The Morgan fingerprint density at radius 1 is 0.444 bits per heavy atom. The smallest absolute Gasteiger partial charge is 0.126 e. The Balaban J connectivity index is 1.80. The molecular formula is C32H34O4. The highest BCUT2D eigenvalue weighted by molar-refractivity contribution is 5.56. The highest BCUT2D eigenvalue weighted by Gasteiger charge is 2.20. The lowest BCUT2D eigenvalue weighted by atomic mass is 9.87. The second kappa shape index (κ2) is 12.2. The minimum absolute atomic E-state index is 0.761. The van der Waals surface area contributed by atoms with Crippen LogP contribution in [0.25, 0.3) is 0 Å². The normalized spacial score (nSPS) is 10.7. The molecule has 0 atom stereocenters. The van der Waals surface area contributed by atoms with Crippen molar-refractivity contribution in [3.05, 3.63) is 118 Å². The third kappa shape index (κ3) is 6.01. The predicted molar refractivity (Wildman–Crippen MR) is 145 cm³/mol. The van der Waals surface area contributed by atoms with Crippen LogP contribution in [-0.2, 0) is 25.7 Å². The number of rotatable bonds is 11. The third-order valence-corrected chi connectivity index (χ3v) is 6.61. The fraction of sp³-hybridized carbons (Fsp3) is 0.250. The topological polar surface area (TPSA) is 36.9 Å². The maximum atomic E-state index is 5.91. The molecule has 0 saturated heterocycles. The maximum Gasteiger partial charge on any atom is 0.126 e. The zero-order valence-electron chi connectivity index (χ0n) is 21.5. The average Bonchev–Trinajstić information content (AvgIpc) is 2.94. The van der Waals surface area contributed by atoms with Crippen LogP contribution in [0.4, 0.5) is 0 Å². The summed E-state index contributed by atoms with van der Waals surface area (Å²) in [7, 11) is 6.84. The van der Waals surface area contributed by atoms with Crippen LogP contribution in [0.3, 0.4) is 0 Å². The van der Waals surface area contributed by atoms with Gasteiger partial charge in [-0.15, -0.1) is 0 Å². The Kier molecular flexibility index (Phi) is 8.51. The number of hydrogen-bond acceptors (Lipinski definition) is 4. The molecule has 4 aromatic rings. The molecule has 0 aromatic heterocycles. The molecule has 0 aliphatic carbocycles. The summed E-state index contributed by atoms with van der Waals surface area (Å²) in [5, 5.41) is 0. The van der Waals surface area contributed by atoms with Gasteiger partial charge in [0.05, 0.1) is 28.4 Å². The zero-order chi connectivity index (χ0) is 25.3. The van der Waals surface area contributed by atoms with Crippen molar-refractivity contribution in [1.82, 2.24) is 0 Å². The first-order valence-electron chi connectivity index (χ1n) is 12.2. The minimum atomic E-state index is 0.761. The van der Waals surface area contributed by atoms with Crippen LogP contribution in [0.15, 0.2) is 84.9 Å². The number of hydrogen-bond donors (Lipinski definition) is 0. The van der Waals surface area contributed by atoms with E-state index in [0.29, 0.717) is 0 Å². The second-order valence-electron chi connectivity index (χ2n) is 8.75. The fourth-order valence-corrected chi connectivity index (χ4v) is 4.64. The first-order valence-corrected chi connectivity index (χ1v) is 12.2. The Labute approximate surface area is 214 Å². The molecule has 4 heteroatoms. The Morgan fingerprint density at radius 3 is 1.33 bits per heavy atom. The van der Waals surface area contributed by atoms with Gasteiger partial charge in [0.15, 0.2) is 0 Å². The molecule has 36 heavy (non-hydrogen) atoms. The molecule has 0 radical (unpaired) electrons. The van der Waals surface area contributed by atoms with Gasteiger partial charge in [-0.25, -0.2) is 0 Å². The molecule has 0 aliphatic heterocycles. The maximum absolute atomic E-state index is 5.91. The summed E-state index contributed by atoms with van der Waals surface area (Å²) in [5.74, 6) is 3.41. The molecule has 0 fully saturated rings. The molecule has 0 amide bonds. The Hall–Kier alpha value is -3.92. The highest BCUT2D eigenvalue weighted by atomic mass is 16.5. The fourth-order valence-electron chi connectivity index (χ4n) is 4.64. The van der Waals surface area contributed by atoms with Gasteiger partial charge in [0, 0.05) is 30.0 Å². The van der Waals surface area contributed by atoms with E-state index in [2.05, 4.69) is 54.6 Å². The van der Waals surface area contributed by atoms with Crippen molar-refractivity contribution in [2.45, 2.75) is 25.7 Å². The SMILES string of the molecule is COc1ccc(Cc2c(OC)cc(OC)c(Cc3ccc(OC)cc3)c2CCc2ccccc2)cc1. The monoisotopic (exact) mass is 482 g/mol. The number of methoxy groups -OCH3 is 4. The summed E-state index contributed by atoms with van der Waals surface area (Å²) in [6, 6.07) is 29.1. The molecular weight excluding hydrogens is 448 g/mol. The summed E-state index contributed by atoms with van der Waals surface area (Å²) in [6.45, 7) is 0. The van der Waals surface area contributed by atoms with Crippen molar-refractivity contribution in [3.63, 3.8) is 0 Å². The molecule has 0 bridgehead atoms. The van der Waals surface area contributed by atoms with Gasteiger partial charge in [-0.3, -0.25) is 0 Å². The van der Waals surface area contributed by atoms with Gasteiger partial charge in [0.2, 0.25) is 0 Å². The lowest BCUT2D eigenvalue weighted by Gasteiger charge is -2.22. The molecule has 4 nitrogen and oxygen atoms in total. The standard InChI is InChI=1S/C32H34O4/c1-33-26-15-10-24(11-16-26)20-29-28(19-14-23-8-6-5-7-9-23)30(32(36-4)22-31(29)35-3)21-25-12-17-27(34-2)18-13-25/h5-13,15-18,22H,14,19-21H2,1-4H3. The third-order valence-electron chi connectivity index (χ3n) is 6.61. The molecule has 0 unspecified atom stereocenters. The first-order chi connectivity index (χ1) is 17.6. The Morgan fingerprint density at radius 2 is 0.917 bits per heavy atom. The molecule has 4 aromatic carbocycles. The summed E-state index contributed by atoms with van der Waals surface area (Å²) in [5.41, 5.74) is 7.39. The van der Waals surface area contributed by atoms with E-state index in [1.165, 1.54) is 33.4 Å². The largest absolute Gasteiger partial charge is 0.497 e. The van der Waals surface area contributed by atoms with E-state index in [1.54, 1.807) is 28.4 Å². The average molecular weight is 483 g/mol. The van der Waals surface area contributed by atoms with Crippen LogP contribution in [-0.4, -0.2) is 28.4 Å². The highest BCUT2D eigenvalue weighted by Crippen LogP contribution is 2.38. The van der Waals surface area contributed by atoms with Crippen LogP contribution in [0.1, 0.15) is 33.4 Å². The van der Waals surface area contributed by atoms with Crippen LogP contribution in [0, 0.1) is 0 Å². The minimum Gasteiger partial charge on any atom is -0.497 e. The van der Waals surface area contributed by atoms with Gasteiger partial charge in [0.1, 0.15) is 23.0 Å². The molecule has 0 N–H and O–H groups in total. The van der Waals surface area contributed by atoms with Gasteiger partial charge in [-0.1, -0.05) is 54.6 Å². The van der Waals surface area contributed by atoms with Crippen LogP contribution in [0.5, 0.6) is 23.0 Å². The van der Waals surface area contributed by atoms with E-state index < -0.39 is 0 Å². The summed E-state index contributed by atoms with van der Waals surface area (Å²) in [4.78, 5) is 0. The van der Waals surface area contributed by atoms with Gasteiger partial charge in [-0.2, -0.15) is 0 Å². The molecule has 0 aliphatic rings. The quantitative estimate of drug-likeness (QED) is 0.239. The zero-order valence-corrected chi connectivity index (χ0v) is 21.5. The lowest BCUT2D eigenvalue weighted by Crippen LogP contribution is -2.09. The van der Waals surface area contributed by atoms with E-state index in [1.807, 2.05) is 30.3 Å². The van der Waals surface area contributed by atoms with Crippen molar-refractivity contribution in [3.8, 4) is 23.0 Å². The van der Waals surface area contributed by atoms with Gasteiger partial charge < -0.3 is 18.9 Å². The van der Waals surface area contributed by atoms with Crippen molar-refractivity contribution in [2.75, 3.05) is 28.4 Å². The molecule has 186 valence electrons. The van der Waals surface area contributed by atoms with Crippen LogP contribution in [0.2, 0.25) is 0 Å². The van der Waals surface area contributed by atoms with Crippen LogP contribution >= 0.6 is 0 Å². The van der Waals surface area contributed by atoms with E-state index in [-0.39, 0.29) is 0 Å². The van der Waals surface area contributed by atoms with Crippen molar-refractivity contribution in [1.29, 1.82) is 0 Å². The number of benzene rings is 4. The van der Waals surface area contributed by atoms with E-state index >= 15 is 0 Å². The summed E-state index contributed by atoms with van der Waals surface area (Å²) >= 11 is 0. The second-order valence-corrected chi connectivity index (χ2v) is 8.75. The molecule has 4 rings (SSSR count). The predicted octanol–water partition coefficient (Wildman–Crippen LogP) is 6.69. The van der Waals surface area contributed by atoms with Crippen molar-refractivity contribution >= 4 is 0 Å². The van der Waals surface area contributed by atoms with E-state index in [0.717, 1.165) is 48.7 Å². The lowest BCUT2D eigenvalue weighted by molar-refractivity contribution is 0.387.